The van der Waals surface area contributed by atoms with Crippen LogP contribution >= 0.6 is 34.5 Å². The molecule has 11 nitrogen and oxygen atoms in total. The molecular formula is C29H23Cl2FN8O3S. The van der Waals surface area contributed by atoms with E-state index in [4.69, 9.17) is 27.9 Å². The van der Waals surface area contributed by atoms with Crippen LogP contribution < -0.4 is 5.32 Å². The minimum Gasteiger partial charge on any atom is -0.469 e. The van der Waals surface area contributed by atoms with Gasteiger partial charge in [0.1, 0.15) is 6.33 Å². The highest BCUT2D eigenvalue weighted by Crippen LogP contribution is 2.30. The number of aryl methyl sites for hydroxylation is 1. The fraction of sp³-hybridized carbons (Fsp3) is 0.172. The maximum Gasteiger partial charge on any atom is 0.309 e. The highest BCUT2D eigenvalue weighted by molar-refractivity contribution is 7.09. The molecule has 0 bridgehead atoms. The maximum absolute atomic E-state index is 15.0. The summed E-state index contributed by atoms with van der Waals surface area (Å²) in [5.74, 6) is -1.61. The molecular weight excluding hydrogens is 630 g/mol. The first-order valence-electron chi connectivity index (χ1n) is 13.0. The molecule has 0 aliphatic rings. The maximum atomic E-state index is 15.0. The van der Waals surface area contributed by atoms with Crippen molar-refractivity contribution < 1.29 is 18.7 Å². The number of carbonyl (C=O) groups excluding carboxylic acids is 2. The summed E-state index contributed by atoms with van der Waals surface area (Å²) in [6.07, 6.45) is 4.23. The van der Waals surface area contributed by atoms with Gasteiger partial charge in [0.25, 0.3) is 0 Å². The molecule has 0 radical (unpaired) electrons. The van der Waals surface area contributed by atoms with Crippen molar-refractivity contribution in [2.75, 3.05) is 7.11 Å². The lowest BCUT2D eigenvalue weighted by molar-refractivity contribution is -0.139. The van der Waals surface area contributed by atoms with Crippen LogP contribution in [0, 0.1) is 12.7 Å². The minimum atomic E-state index is -0.732. The lowest BCUT2D eigenvalue weighted by atomic mass is 10.0. The highest BCUT2D eigenvalue weighted by atomic mass is 35.5. The van der Waals surface area contributed by atoms with Crippen molar-refractivity contribution in [2.45, 2.75) is 25.8 Å². The van der Waals surface area contributed by atoms with E-state index in [1.165, 1.54) is 47.7 Å². The van der Waals surface area contributed by atoms with E-state index in [2.05, 4.69) is 36.0 Å². The van der Waals surface area contributed by atoms with Crippen molar-refractivity contribution in [3.63, 3.8) is 0 Å². The number of esters is 1. The van der Waals surface area contributed by atoms with Gasteiger partial charge in [-0.05, 0) is 52.8 Å². The van der Waals surface area contributed by atoms with E-state index in [9.17, 15) is 9.59 Å². The molecule has 0 aliphatic heterocycles. The number of amides is 1. The molecule has 0 spiro atoms. The monoisotopic (exact) mass is 652 g/mol. The molecule has 2 aromatic carbocycles. The van der Waals surface area contributed by atoms with E-state index in [1.807, 2.05) is 24.4 Å². The quantitative estimate of drug-likeness (QED) is 0.160. The van der Waals surface area contributed by atoms with Gasteiger partial charge in [0.2, 0.25) is 5.91 Å². The number of halogens is 3. The first kappa shape index (κ1) is 30.9. The van der Waals surface area contributed by atoms with Gasteiger partial charge in [-0.25, -0.2) is 9.37 Å². The molecule has 44 heavy (non-hydrogen) atoms. The zero-order valence-electron chi connectivity index (χ0n) is 23.2. The van der Waals surface area contributed by atoms with Crippen LogP contribution in [-0.2, 0) is 27.2 Å². The molecule has 0 saturated heterocycles. The lowest BCUT2D eigenvalue weighted by Gasteiger charge is -2.17. The van der Waals surface area contributed by atoms with Crippen molar-refractivity contribution in [3.8, 4) is 16.8 Å². The van der Waals surface area contributed by atoms with Crippen molar-refractivity contribution in [2.24, 2.45) is 0 Å². The Morgan fingerprint density at radius 2 is 1.95 bits per heavy atom. The first-order valence-corrected chi connectivity index (χ1v) is 14.7. The fourth-order valence-electron chi connectivity index (χ4n) is 4.27. The summed E-state index contributed by atoms with van der Waals surface area (Å²) in [4.78, 5) is 29.4. The third-order valence-electron chi connectivity index (χ3n) is 6.43. The predicted octanol–water partition coefficient (Wildman–Crippen LogP) is 5.16. The number of aromatic nitrogens is 7. The van der Waals surface area contributed by atoms with E-state index >= 15 is 4.39 Å². The number of hydrogen-bond donors (Lipinski definition) is 1. The Bertz CT molecular complexity index is 1830. The predicted molar refractivity (Wildman–Crippen MR) is 163 cm³/mol. The number of methoxy groups -OCH3 is 1. The molecule has 3 aromatic heterocycles. The van der Waals surface area contributed by atoms with Crippen molar-refractivity contribution in [1.82, 2.24) is 40.7 Å². The molecule has 0 saturated carbocycles. The Hall–Kier alpha value is -4.59. The molecule has 0 unspecified atom stereocenters. The molecule has 0 aliphatic carbocycles. The number of thiazole rings is 1. The van der Waals surface area contributed by atoms with Gasteiger partial charge < -0.3 is 10.1 Å². The zero-order valence-corrected chi connectivity index (χ0v) is 25.6. The minimum absolute atomic E-state index is 0.0243. The zero-order chi connectivity index (χ0) is 31.2. The molecule has 3 heterocycles. The van der Waals surface area contributed by atoms with E-state index in [0.717, 1.165) is 21.8 Å². The smallest absolute Gasteiger partial charge is 0.309 e. The van der Waals surface area contributed by atoms with Gasteiger partial charge in [0.05, 0.1) is 41.0 Å². The molecule has 15 heteroatoms. The van der Waals surface area contributed by atoms with E-state index in [-0.39, 0.29) is 28.1 Å². The van der Waals surface area contributed by atoms with Gasteiger partial charge in [-0.3, -0.25) is 9.59 Å². The number of nitrogens with one attached hydrogen (secondary N) is 1. The third kappa shape index (κ3) is 7.30. The second-order valence-electron chi connectivity index (χ2n) is 9.45. The summed E-state index contributed by atoms with van der Waals surface area (Å²) < 4.78 is 21.0. The summed E-state index contributed by atoms with van der Waals surface area (Å²) in [6, 6.07) is 11.2. The number of hydrogen-bond acceptors (Lipinski definition) is 10. The van der Waals surface area contributed by atoms with Crippen LogP contribution in [0.5, 0.6) is 0 Å². The molecule has 224 valence electrons. The number of tetrazole rings is 1. The number of benzene rings is 2. The average Bonchev–Trinajstić information content (AvgIpc) is 3.70. The van der Waals surface area contributed by atoms with Crippen molar-refractivity contribution >= 4 is 52.5 Å². The summed E-state index contributed by atoms with van der Waals surface area (Å²) >= 11 is 13.9. The van der Waals surface area contributed by atoms with Gasteiger partial charge in [-0.2, -0.15) is 9.78 Å². The van der Waals surface area contributed by atoms with E-state index < -0.39 is 17.8 Å². The Morgan fingerprint density at radius 1 is 1.16 bits per heavy atom. The van der Waals surface area contributed by atoms with Crippen LogP contribution in [0.1, 0.15) is 33.6 Å². The fourth-order valence-corrected chi connectivity index (χ4v) is 5.46. The topological polar surface area (TPSA) is 138 Å². The van der Waals surface area contributed by atoms with Gasteiger partial charge in [0.15, 0.2) is 11.0 Å². The average molecular weight is 654 g/mol. The summed E-state index contributed by atoms with van der Waals surface area (Å²) in [6.45, 7) is 1.88. The number of carbonyl (C=O) groups is 2. The Kier molecular flexibility index (Phi) is 9.68. The van der Waals surface area contributed by atoms with E-state index in [0.29, 0.717) is 23.4 Å². The molecule has 5 rings (SSSR count). The van der Waals surface area contributed by atoms with Crippen molar-refractivity contribution in [1.29, 1.82) is 0 Å². The number of ether oxygens (including phenoxy) is 1. The van der Waals surface area contributed by atoms with Crippen molar-refractivity contribution in [3.05, 3.63) is 104 Å². The second-order valence-corrected chi connectivity index (χ2v) is 11.2. The Balaban J connectivity index is 1.44. The van der Waals surface area contributed by atoms with Gasteiger partial charge in [-0.15, -0.1) is 21.5 Å². The molecule has 1 N–H and O–H groups in total. The van der Waals surface area contributed by atoms with Gasteiger partial charge in [-0.1, -0.05) is 47.5 Å². The molecule has 1 amide bonds. The van der Waals surface area contributed by atoms with Crippen LogP contribution in [-0.4, -0.2) is 54.4 Å². The second kappa shape index (κ2) is 13.8. The highest BCUT2D eigenvalue weighted by Gasteiger charge is 2.21. The van der Waals surface area contributed by atoms with E-state index in [1.54, 1.807) is 24.3 Å². The summed E-state index contributed by atoms with van der Waals surface area (Å²) in [5.41, 5.74) is 3.68. The number of rotatable bonds is 10. The van der Waals surface area contributed by atoms with Gasteiger partial charge >= 0.3 is 5.97 Å². The normalized spacial score (nSPS) is 11.9. The Labute approximate surface area is 264 Å². The summed E-state index contributed by atoms with van der Waals surface area (Å²) in [7, 11) is 1.34. The lowest BCUT2D eigenvalue weighted by Crippen LogP contribution is -2.29. The Morgan fingerprint density at radius 3 is 2.64 bits per heavy atom. The summed E-state index contributed by atoms with van der Waals surface area (Å²) in [5, 5.41) is 25.0. The standard InChI is InChI=1S/C29H23Cl2FN8O3S/c1-16-14-44-26(34-16)13-22(23-12-20(29(31)37-36-23)18-5-3-17(4-6-18)11-27(42)43-2)35-25(41)10-7-19-24(40-15-33-38-39-40)9-8-21(30)28(19)32/h3-10,12,14-15,22H,11,13H2,1-2H3,(H,35,41)/b10-7+/t22-/m0/s1. The first-order chi connectivity index (χ1) is 21.2. The van der Waals surface area contributed by atoms with Crippen LogP contribution in [0.25, 0.3) is 22.9 Å². The molecule has 5 aromatic rings. The van der Waals surface area contributed by atoms with Crippen LogP contribution in [0.2, 0.25) is 10.2 Å². The van der Waals surface area contributed by atoms with Crippen LogP contribution in [0.15, 0.2) is 60.2 Å². The van der Waals surface area contributed by atoms with Crippen LogP contribution in [0.4, 0.5) is 4.39 Å². The molecule has 0 fully saturated rings. The number of nitrogens with zero attached hydrogens (tertiary/aromatic N) is 7. The van der Waals surface area contributed by atoms with Gasteiger partial charge in [0, 0.05) is 34.7 Å². The largest absolute Gasteiger partial charge is 0.469 e. The SMILES string of the molecule is COC(=O)Cc1ccc(-c2cc([C@H](Cc3nc(C)cs3)NC(=O)/C=C/c3c(-n4cnnn4)ccc(Cl)c3F)nnc2Cl)cc1. The van der Waals surface area contributed by atoms with Crippen LogP contribution in [0.3, 0.4) is 0 Å². The molecule has 1 atom stereocenters. The third-order valence-corrected chi connectivity index (χ3v) is 7.99.